The first-order valence-electron chi connectivity index (χ1n) is 3.34. The third-order valence-electron chi connectivity index (χ3n) is 1.63. The van der Waals surface area contributed by atoms with Crippen molar-refractivity contribution in [3.63, 3.8) is 0 Å². The monoisotopic (exact) mass is 126 g/mol. The zero-order valence-electron chi connectivity index (χ0n) is 6.39. The van der Waals surface area contributed by atoms with E-state index in [9.17, 15) is 0 Å². The van der Waals surface area contributed by atoms with Gasteiger partial charge in [0.15, 0.2) is 0 Å². The maximum Gasteiger partial charge on any atom is 0.0913 e. The van der Waals surface area contributed by atoms with Gasteiger partial charge >= 0.3 is 0 Å². The van der Waals surface area contributed by atoms with E-state index in [0.29, 0.717) is 0 Å². The molecule has 0 aromatic carbocycles. The molecule has 9 heavy (non-hydrogen) atoms. The molecule has 1 aliphatic heterocycles. The Bertz CT molecular complexity index is 113. The summed E-state index contributed by atoms with van der Waals surface area (Å²) < 4.78 is 0. The molecule has 1 aliphatic rings. The van der Waals surface area contributed by atoms with E-state index in [-0.39, 0.29) is 5.54 Å². The van der Waals surface area contributed by atoms with Crippen LogP contribution in [0.3, 0.4) is 0 Å². The zero-order valence-corrected chi connectivity index (χ0v) is 6.39. The summed E-state index contributed by atoms with van der Waals surface area (Å²) in [6, 6.07) is 0. The van der Waals surface area contributed by atoms with E-state index in [4.69, 9.17) is 0 Å². The van der Waals surface area contributed by atoms with E-state index in [1.807, 2.05) is 6.21 Å². The van der Waals surface area contributed by atoms with Crippen molar-refractivity contribution in [2.75, 3.05) is 13.2 Å². The molecule has 1 heterocycles. The number of aliphatic imine (C=N–C) groups is 1. The van der Waals surface area contributed by atoms with Gasteiger partial charge in [0.05, 0.1) is 6.67 Å². The summed E-state index contributed by atoms with van der Waals surface area (Å²) in [4.78, 5) is 6.46. The van der Waals surface area contributed by atoms with Crippen molar-refractivity contribution in [3.05, 3.63) is 0 Å². The highest BCUT2D eigenvalue weighted by molar-refractivity contribution is 5.61. The Morgan fingerprint density at radius 1 is 1.44 bits per heavy atom. The SMILES string of the molecule is CC(C)(C)N1CC=NC1. The van der Waals surface area contributed by atoms with Crippen molar-refractivity contribution in [2.24, 2.45) is 4.99 Å². The van der Waals surface area contributed by atoms with Crippen LogP contribution in [-0.2, 0) is 0 Å². The Morgan fingerprint density at radius 3 is 2.33 bits per heavy atom. The first-order chi connectivity index (χ1) is 4.11. The van der Waals surface area contributed by atoms with E-state index >= 15 is 0 Å². The maximum absolute atomic E-state index is 4.13. The molecule has 0 N–H and O–H groups in total. The summed E-state index contributed by atoms with van der Waals surface area (Å²) in [6.07, 6.45) is 1.98. The minimum Gasteiger partial charge on any atom is -0.281 e. The molecule has 0 unspecified atom stereocenters. The average molecular weight is 126 g/mol. The molecular weight excluding hydrogens is 112 g/mol. The Kier molecular flexibility index (Phi) is 1.58. The first kappa shape index (κ1) is 6.75. The molecule has 2 nitrogen and oxygen atoms in total. The molecule has 0 aromatic heterocycles. The lowest BCUT2D eigenvalue weighted by Crippen LogP contribution is -2.39. The molecule has 0 aromatic rings. The van der Waals surface area contributed by atoms with Crippen molar-refractivity contribution in [3.8, 4) is 0 Å². The van der Waals surface area contributed by atoms with Gasteiger partial charge < -0.3 is 0 Å². The van der Waals surface area contributed by atoms with Crippen molar-refractivity contribution in [1.29, 1.82) is 0 Å². The maximum atomic E-state index is 4.13. The minimum atomic E-state index is 0.288. The highest BCUT2D eigenvalue weighted by atomic mass is 15.3. The van der Waals surface area contributed by atoms with Crippen LogP contribution < -0.4 is 0 Å². The molecule has 0 fully saturated rings. The van der Waals surface area contributed by atoms with E-state index in [1.165, 1.54) is 0 Å². The molecular formula is C7H14N2. The third-order valence-corrected chi connectivity index (χ3v) is 1.63. The van der Waals surface area contributed by atoms with Crippen molar-refractivity contribution in [1.82, 2.24) is 4.90 Å². The van der Waals surface area contributed by atoms with Crippen LogP contribution in [-0.4, -0.2) is 29.9 Å². The van der Waals surface area contributed by atoms with Gasteiger partial charge in [0.25, 0.3) is 0 Å². The molecule has 0 spiro atoms. The fourth-order valence-corrected chi connectivity index (χ4v) is 0.856. The molecule has 1 rings (SSSR count). The van der Waals surface area contributed by atoms with Crippen LogP contribution in [0.4, 0.5) is 0 Å². The van der Waals surface area contributed by atoms with Crippen LogP contribution in [0.15, 0.2) is 4.99 Å². The summed E-state index contributed by atoms with van der Waals surface area (Å²) >= 11 is 0. The molecule has 0 bridgehead atoms. The average Bonchev–Trinajstić information content (AvgIpc) is 2.08. The van der Waals surface area contributed by atoms with Gasteiger partial charge in [0.2, 0.25) is 0 Å². The summed E-state index contributed by atoms with van der Waals surface area (Å²) in [5, 5.41) is 0. The van der Waals surface area contributed by atoms with Gasteiger partial charge in [-0.1, -0.05) is 0 Å². The molecule has 52 valence electrons. The summed E-state index contributed by atoms with van der Waals surface area (Å²) in [7, 11) is 0. The van der Waals surface area contributed by atoms with Crippen molar-refractivity contribution >= 4 is 6.21 Å². The third kappa shape index (κ3) is 1.52. The molecule has 0 atom stereocenters. The van der Waals surface area contributed by atoms with Crippen LogP contribution >= 0.6 is 0 Å². The van der Waals surface area contributed by atoms with E-state index < -0.39 is 0 Å². The van der Waals surface area contributed by atoms with Gasteiger partial charge in [0.1, 0.15) is 0 Å². The van der Waals surface area contributed by atoms with Crippen LogP contribution in [0.1, 0.15) is 20.8 Å². The van der Waals surface area contributed by atoms with Gasteiger partial charge in [0, 0.05) is 18.3 Å². The standard InChI is InChI=1S/C7H14N2/c1-7(2,3)9-5-4-8-6-9/h4H,5-6H2,1-3H3. The summed E-state index contributed by atoms with van der Waals surface area (Å²) in [6.45, 7) is 8.53. The lowest BCUT2D eigenvalue weighted by molar-refractivity contribution is 0.178. The van der Waals surface area contributed by atoms with Gasteiger partial charge in [-0.3, -0.25) is 9.89 Å². The minimum absolute atomic E-state index is 0.288. The molecule has 0 radical (unpaired) electrons. The van der Waals surface area contributed by atoms with Gasteiger partial charge in [-0.05, 0) is 20.8 Å². The lowest BCUT2D eigenvalue weighted by Gasteiger charge is -2.29. The number of hydrogen-bond acceptors (Lipinski definition) is 2. The van der Waals surface area contributed by atoms with E-state index in [0.717, 1.165) is 13.2 Å². The first-order valence-corrected chi connectivity index (χ1v) is 3.34. The molecule has 2 heteroatoms. The number of hydrogen-bond donors (Lipinski definition) is 0. The Hall–Kier alpha value is -0.370. The second kappa shape index (κ2) is 2.10. The Balaban J connectivity index is 2.46. The predicted molar refractivity (Wildman–Crippen MR) is 39.8 cm³/mol. The molecule has 0 saturated heterocycles. The van der Waals surface area contributed by atoms with E-state index in [2.05, 4.69) is 30.7 Å². The van der Waals surface area contributed by atoms with Gasteiger partial charge in [-0.2, -0.15) is 0 Å². The number of rotatable bonds is 0. The van der Waals surface area contributed by atoms with Crippen molar-refractivity contribution in [2.45, 2.75) is 26.3 Å². The summed E-state index contributed by atoms with van der Waals surface area (Å²) in [5.74, 6) is 0. The molecule has 0 saturated carbocycles. The quantitative estimate of drug-likeness (QED) is 0.475. The topological polar surface area (TPSA) is 15.6 Å². The second-order valence-electron chi connectivity index (χ2n) is 3.40. The Labute approximate surface area is 56.6 Å². The van der Waals surface area contributed by atoms with E-state index in [1.54, 1.807) is 0 Å². The molecule has 0 amide bonds. The van der Waals surface area contributed by atoms with Crippen molar-refractivity contribution < 1.29 is 0 Å². The van der Waals surface area contributed by atoms with Crippen LogP contribution in [0.25, 0.3) is 0 Å². The molecule has 0 aliphatic carbocycles. The zero-order chi connectivity index (χ0) is 6.91. The van der Waals surface area contributed by atoms with Crippen LogP contribution in [0.2, 0.25) is 0 Å². The fraction of sp³-hybridized carbons (Fsp3) is 0.857. The lowest BCUT2D eigenvalue weighted by atomic mass is 10.1. The largest absolute Gasteiger partial charge is 0.281 e. The smallest absolute Gasteiger partial charge is 0.0913 e. The Morgan fingerprint density at radius 2 is 2.11 bits per heavy atom. The fourth-order valence-electron chi connectivity index (χ4n) is 0.856. The summed E-state index contributed by atoms with van der Waals surface area (Å²) in [5.41, 5.74) is 0.288. The second-order valence-corrected chi connectivity index (χ2v) is 3.40. The normalized spacial score (nSPS) is 21.2. The van der Waals surface area contributed by atoms with Gasteiger partial charge in [-0.15, -0.1) is 0 Å². The van der Waals surface area contributed by atoms with Gasteiger partial charge in [-0.25, -0.2) is 0 Å². The highest BCUT2D eigenvalue weighted by Crippen LogP contribution is 2.13. The highest BCUT2D eigenvalue weighted by Gasteiger charge is 2.21. The van der Waals surface area contributed by atoms with Crippen LogP contribution in [0.5, 0.6) is 0 Å². The predicted octanol–water partition coefficient (Wildman–Crippen LogP) is 1.13. The number of nitrogens with zero attached hydrogens (tertiary/aromatic N) is 2. The van der Waals surface area contributed by atoms with Crippen LogP contribution in [0, 0.1) is 0 Å².